The predicted molar refractivity (Wildman–Crippen MR) is 172 cm³/mol. The third-order valence-electron chi connectivity index (χ3n) is 7.97. The molecule has 0 aliphatic carbocycles. The van der Waals surface area contributed by atoms with Gasteiger partial charge in [-0.1, -0.05) is 78.2 Å². The molecule has 0 saturated heterocycles. The fraction of sp³-hybridized carbons (Fsp3) is 0. The van der Waals surface area contributed by atoms with Crippen LogP contribution in [-0.2, 0) is 21.1 Å². The number of pyridine rings is 1. The molecule has 214 valence electrons. The second-order valence-corrected chi connectivity index (χ2v) is 10.5. The number of aromatic nitrogens is 1. The first-order valence-corrected chi connectivity index (χ1v) is 14.1. The Bertz CT molecular complexity index is 2330. The van der Waals surface area contributed by atoms with E-state index in [0.29, 0.717) is 17.1 Å². The predicted octanol–water partition coefficient (Wildman–Crippen LogP) is 10.1. The van der Waals surface area contributed by atoms with E-state index >= 15 is 0 Å². The molecule has 9 rings (SSSR count). The van der Waals surface area contributed by atoms with Crippen LogP contribution in [0, 0.1) is 18.8 Å². The van der Waals surface area contributed by atoms with Gasteiger partial charge >= 0.3 is 0 Å². The van der Waals surface area contributed by atoms with Crippen LogP contribution in [0.15, 0.2) is 132 Å². The van der Waals surface area contributed by atoms with Gasteiger partial charge in [0.25, 0.3) is 0 Å². The van der Waals surface area contributed by atoms with E-state index in [9.17, 15) is 0 Å². The molecule has 8 aromatic rings. The Morgan fingerprint density at radius 1 is 0.682 bits per heavy atom. The second-order valence-electron chi connectivity index (χ2n) is 10.5. The summed E-state index contributed by atoms with van der Waals surface area (Å²) in [6.45, 7) is 2.09. The first-order chi connectivity index (χ1) is 21.3. The Kier molecular flexibility index (Phi) is 6.35. The van der Waals surface area contributed by atoms with Crippen LogP contribution in [-0.4, -0.2) is 4.98 Å². The van der Waals surface area contributed by atoms with Gasteiger partial charge in [0.2, 0.25) is 0 Å². The van der Waals surface area contributed by atoms with Gasteiger partial charge in [0, 0.05) is 55.5 Å². The maximum Gasteiger partial charge on any atom is 0.121 e. The molecular weight excluding hydrogens is 726 g/mol. The topological polar surface area (TPSA) is 41.7 Å². The summed E-state index contributed by atoms with van der Waals surface area (Å²) in [5, 5.41) is 4.98. The van der Waals surface area contributed by atoms with Gasteiger partial charge in [0.1, 0.15) is 5.58 Å². The van der Waals surface area contributed by atoms with Gasteiger partial charge in [-0.05, 0) is 52.7 Å². The molecule has 0 amide bonds. The van der Waals surface area contributed by atoms with Crippen LogP contribution in [0.3, 0.4) is 0 Å². The summed E-state index contributed by atoms with van der Waals surface area (Å²) in [7, 11) is 0. The molecule has 0 N–H and O–H groups in total. The number of ether oxygens (including phenoxy) is 1. The molecule has 0 radical (unpaired) electrons. The minimum atomic E-state index is 0. The Morgan fingerprint density at radius 3 is 2.36 bits per heavy atom. The molecule has 3 heterocycles. The summed E-state index contributed by atoms with van der Waals surface area (Å²) >= 11 is 0. The van der Waals surface area contributed by atoms with Crippen molar-refractivity contribution in [1.29, 1.82) is 0 Å². The largest absolute Gasteiger partial charge is 0.499 e. The summed E-state index contributed by atoms with van der Waals surface area (Å²) < 4.78 is 13.0. The van der Waals surface area contributed by atoms with Gasteiger partial charge in [0.15, 0.2) is 0 Å². The van der Waals surface area contributed by atoms with Gasteiger partial charge < -0.3 is 23.9 Å². The number of rotatable bonds is 4. The molecule has 6 aromatic carbocycles. The zero-order valence-electron chi connectivity index (χ0n) is 23.2. The van der Waals surface area contributed by atoms with E-state index < -0.39 is 0 Å². The number of hydrogen-bond donors (Lipinski definition) is 0. The minimum Gasteiger partial charge on any atom is -0.499 e. The zero-order chi connectivity index (χ0) is 28.3. The van der Waals surface area contributed by atoms with Crippen molar-refractivity contribution in [1.82, 2.24) is 4.98 Å². The van der Waals surface area contributed by atoms with Gasteiger partial charge in [-0.25, -0.2) is 0 Å². The minimum absolute atomic E-state index is 0. The molecule has 2 aromatic heterocycles. The van der Waals surface area contributed by atoms with Crippen molar-refractivity contribution >= 4 is 66.4 Å². The van der Waals surface area contributed by atoms with Crippen LogP contribution in [0.4, 0.5) is 22.7 Å². The van der Waals surface area contributed by atoms with E-state index in [1.807, 2.05) is 66.9 Å². The van der Waals surface area contributed by atoms with E-state index in [-0.39, 0.29) is 21.1 Å². The van der Waals surface area contributed by atoms with Gasteiger partial charge in [0.05, 0.1) is 11.3 Å². The van der Waals surface area contributed by atoms with Gasteiger partial charge in [-0.2, -0.15) is 6.07 Å². The molecule has 0 fully saturated rings. The molecule has 0 saturated carbocycles. The standard InChI is InChI=1S/C38H22N3O2.Pt/c1-2-11-26(12-3-1)40-24-41(33-17-6-5-16-32(33)40)27-13-8-14-28(22-27)42-35-23-31-29(20-19-25-10-9-21-39-37(25)31)36-30-15-4-7-18-34(30)43-38(35)36;/h1-21,24H;/q-3;. The Balaban J connectivity index is 0.00000289. The smallest absolute Gasteiger partial charge is 0.121 e. The van der Waals surface area contributed by atoms with Gasteiger partial charge in [-0.15, -0.1) is 35.9 Å². The molecule has 0 unspecified atom stereocenters. The molecule has 0 spiro atoms. The average molecular weight is 748 g/mol. The van der Waals surface area contributed by atoms with Crippen molar-refractivity contribution in [2.45, 2.75) is 0 Å². The Labute approximate surface area is 268 Å². The quantitative estimate of drug-likeness (QED) is 0.133. The average Bonchev–Trinajstić information content (AvgIpc) is 3.65. The van der Waals surface area contributed by atoms with Crippen molar-refractivity contribution in [2.75, 3.05) is 9.80 Å². The number of hydrogen-bond acceptors (Lipinski definition) is 5. The number of benzene rings is 6. The number of furan rings is 1. The molecular formula is C38H22N3O2Pt-3. The van der Waals surface area contributed by atoms with E-state index in [0.717, 1.165) is 60.8 Å². The van der Waals surface area contributed by atoms with Crippen molar-refractivity contribution in [3.05, 3.63) is 146 Å². The van der Waals surface area contributed by atoms with Crippen molar-refractivity contribution < 1.29 is 30.2 Å². The normalized spacial score (nSPS) is 12.6. The van der Waals surface area contributed by atoms with Crippen molar-refractivity contribution in [3.8, 4) is 11.5 Å². The fourth-order valence-corrected chi connectivity index (χ4v) is 6.04. The molecule has 0 bridgehead atoms. The van der Waals surface area contributed by atoms with Crippen molar-refractivity contribution in [3.63, 3.8) is 0 Å². The van der Waals surface area contributed by atoms with Crippen LogP contribution in [0.1, 0.15) is 0 Å². The molecule has 6 heteroatoms. The third-order valence-corrected chi connectivity index (χ3v) is 7.97. The van der Waals surface area contributed by atoms with E-state index in [1.165, 1.54) is 0 Å². The summed E-state index contributed by atoms with van der Waals surface area (Å²) in [4.78, 5) is 9.02. The maximum absolute atomic E-state index is 6.59. The second kappa shape index (κ2) is 10.5. The number of para-hydroxylation sites is 4. The Morgan fingerprint density at radius 2 is 1.48 bits per heavy atom. The Hall–Kier alpha value is -5.12. The number of anilines is 4. The molecule has 5 nitrogen and oxygen atoms in total. The number of fused-ring (bicyclic) bond motifs is 8. The van der Waals surface area contributed by atoms with Crippen LogP contribution in [0.5, 0.6) is 11.5 Å². The summed E-state index contributed by atoms with van der Waals surface area (Å²) in [5.74, 6) is 1.06. The van der Waals surface area contributed by atoms with E-state index in [2.05, 4.69) is 89.3 Å². The van der Waals surface area contributed by atoms with Crippen LogP contribution >= 0.6 is 0 Å². The van der Waals surface area contributed by atoms with Crippen LogP contribution in [0.2, 0.25) is 0 Å². The molecule has 44 heavy (non-hydrogen) atoms. The summed E-state index contributed by atoms with van der Waals surface area (Å²) in [6, 6.07) is 47.9. The SMILES string of the molecule is [Pt].[c-]1c(Oc2[c-]c3c(ccc4cccnc43)c3c2oc2ccccc23)cccc1N1[CH-]N(c2ccccc2)c2ccccc21. The molecule has 0 atom stereocenters. The third kappa shape index (κ3) is 4.16. The first kappa shape index (κ1) is 26.5. The molecule has 1 aliphatic rings. The number of nitrogens with zero attached hydrogens (tertiary/aromatic N) is 3. The van der Waals surface area contributed by atoms with E-state index in [1.54, 1.807) is 0 Å². The van der Waals surface area contributed by atoms with Crippen LogP contribution < -0.4 is 14.5 Å². The zero-order valence-corrected chi connectivity index (χ0v) is 25.4. The van der Waals surface area contributed by atoms with Crippen molar-refractivity contribution in [2.24, 2.45) is 0 Å². The molecule has 1 aliphatic heterocycles. The van der Waals surface area contributed by atoms with Gasteiger partial charge in [-0.3, -0.25) is 0 Å². The first-order valence-electron chi connectivity index (χ1n) is 14.1. The van der Waals surface area contributed by atoms with E-state index in [4.69, 9.17) is 14.1 Å². The monoisotopic (exact) mass is 747 g/mol. The summed E-state index contributed by atoms with van der Waals surface area (Å²) in [5.41, 5.74) is 6.43. The summed E-state index contributed by atoms with van der Waals surface area (Å²) in [6.07, 6.45) is 1.81. The van der Waals surface area contributed by atoms with Crippen LogP contribution in [0.25, 0.3) is 43.6 Å². The fourth-order valence-electron chi connectivity index (χ4n) is 6.04. The maximum atomic E-state index is 6.59.